The van der Waals surface area contributed by atoms with Gasteiger partial charge in [0, 0.05) is 12.0 Å². The molecule has 0 aliphatic heterocycles. The molecule has 0 radical (unpaired) electrons. The molecule has 1 aliphatic rings. The second-order valence-corrected chi connectivity index (χ2v) is 5.97. The Hall–Kier alpha value is -1.85. The maximum absolute atomic E-state index is 12.5. The summed E-state index contributed by atoms with van der Waals surface area (Å²) >= 11 is 0. The third kappa shape index (κ3) is 3.25. The lowest BCUT2D eigenvalue weighted by Gasteiger charge is -2.29. The summed E-state index contributed by atoms with van der Waals surface area (Å²) in [7, 11) is 0. The first-order valence-electron chi connectivity index (χ1n) is 7.41. The van der Waals surface area contributed by atoms with Crippen LogP contribution in [0.4, 0.5) is 0 Å². The molecule has 2 atom stereocenters. The molecule has 21 heavy (non-hydrogen) atoms. The van der Waals surface area contributed by atoms with Crippen molar-refractivity contribution in [3.63, 3.8) is 0 Å². The number of carboxylic acid groups (broad SMARTS) is 1. The predicted molar refractivity (Wildman–Crippen MR) is 76.2 cm³/mol. The summed E-state index contributed by atoms with van der Waals surface area (Å²) in [5.74, 6) is -1.03. The number of aliphatic carboxylic acids is 1. The Bertz CT molecular complexity index is 536. The highest BCUT2D eigenvalue weighted by molar-refractivity contribution is 5.96. The van der Waals surface area contributed by atoms with E-state index < -0.39 is 11.9 Å². The minimum absolute atomic E-state index is 0.0496. The van der Waals surface area contributed by atoms with Gasteiger partial charge in [-0.15, -0.1) is 0 Å². The van der Waals surface area contributed by atoms with E-state index in [0.29, 0.717) is 29.9 Å². The fourth-order valence-electron chi connectivity index (χ4n) is 2.90. The molecular formula is C15H22N2O4. The molecule has 1 aliphatic carbocycles. The molecule has 2 unspecified atom stereocenters. The van der Waals surface area contributed by atoms with E-state index in [2.05, 4.69) is 10.5 Å². The van der Waals surface area contributed by atoms with Crippen LogP contribution in [0.1, 0.15) is 67.3 Å². The predicted octanol–water partition coefficient (Wildman–Crippen LogP) is 2.48. The third-order valence-corrected chi connectivity index (χ3v) is 4.04. The first-order chi connectivity index (χ1) is 9.91. The number of hydrogen-bond donors (Lipinski definition) is 2. The Morgan fingerprint density at radius 2 is 2.00 bits per heavy atom. The maximum atomic E-state index is 12.5. The molecule has 6 nitrogen and oxygen atoms in total. The number of carboxylic acids is 1. The third-order valence-electron chi connectivity index (χ3n) is 4.04. The average Bonchev–Trinajstić information content (AvgIpc) is 2.81. The summed E-state index contributed by atoms with van der Waals surface area (Å²) < 4.78 is 5.21. The van der Waals surface area contributed by atoms with Crippen molar-refractivity contribution in [1.29, 1.82) is 0 Å². The normalized spacial score (nSPS) is 22.3. The lowest BCUT2D eigenvalue weighted by molar-refractivity contribution is -0.143. The Morgan fingerprint density at radius 1 is 1.33 bits per heavy atom. The van der Waals surface area contributed by atoms with E-state index in [1.54, 1.807) is 6.92 Å². The van der Waals surface area contributed by atoms with Crippen molar-refractivity contribution in [2.45, 2.75) is 58.4 Å². The second kappa shape index (κ2) is 6.28. The van der Waals surface area contributed by atoms with Crippen LogP contribution in [-0.4, -0.2) is 28.2 Å². The minimum atomic E-state index is -0.842. The zero-order valence-corrected chi connectivity index (χ0v) is 12.7. The number of amides is 1. The summed E-state index contributed by atoms with van der Waals surface area (Å²) in [6.45, 7) is 5.58. The van der Waals surface area contributed by atoms with Gasteiger partial charge in [0.1, 0.15) is 5.56 Å². The number of carbonyl (C=O) groups is 2. The smallest absolute Gasteiger partial charge is 0.308 e. The minimum Gasteiger partial charge on any atom is -0.481 e. The van der Waals surface area contributed by atoms with Gasteiger partial charge in [-0.3, -0.25) is 9.59 Å². The fraction of sp³-hybridized carbons (Fsp3) is 0.667. The molecule has 2 rings (SSSR count). The van der Waals surface area contributed by atoms with Crippen LogP contribution in [-0.2, 0) is 4.79 Å². The van der Waals surface area contributed by atoms with E-state index in [0.717, 1.165) is 12.8 Å². The van der Waals surface area contributed by atoms with Crippen LogP contribution >= 0.6 is 0 Å². The quantitative estimate of drug-likeness (QED) is 0.890. The zero-order chi connectivity index (χ0) is 15.6. The molecule has 0 aromatic carbocycles. The van der Waals surface area contributed by atoms with E-state index in [1.807, 2.05) is 13.8 Å². The molecule has 1 saturated carbocycles. The van der Waals surface area contributed by atoms with E-state index in [1.165, 1.54) is 0 Å². The van der Waals surface area contributed by atoms with Crippen LogP contribution in [0, 0.1) is 12.8 Å². The highest BCUT2D eigenvalue weighted by atomic mass is 16.5. The molecule has 1 aromatic rings. The van der Waals surface area contributed by atoms with Gasteiger partial charge in [0.2, 0.25) is 0 Å². The van der Waals surface area contributed by atoms with Crippen LogP contribution in [0.2, 0.25) is 0 Å². The molecule has 0 spiro atoms. The largest absolute Gasteiger partial charge is 0.481 e. The van der Waals surface area contributed by atoms with Gasteiger partial charge in [-0.25, -0.2) is 0 Å². The summed E-state index contributed by atoms with van der Waals surface area (Å²) in [5.41, 5.74) is 0.985. The lowest BCUT2D eigenvalue weighted by Crippen LogP contribution is -2.45. The van der Waals surface area contributed by atoms with E-state index in [4.69, 9.17) is 4.52 Å². The number of nitrogens with one attached hydrogen (secondary N) is 1. The molecule has 0 bridgehead atoms. The van der Waals surface area contributed by atoms with Gasteiger partial charge >= 0.3 is 5.97 Å². The summed E-state index contributed by atoms with van der Waals surface area (Å²) in [6.07, 6.45) is 3.14. The summed E-state index contributed by atoms with van der Waals surface area (Å²) in [5, 5.41) is 16.0. The summed E-state index contributed by atoms with van der Waals surface area (Å²) in [4.78, 5) is 23.8. The SMILES string of the molecule is Cc1noc(C(C)C)c1C(=O)NC1CCCCC1C(=O)O. The number of rotatable bonds is 4. The summed E-state index contributed by atoms with van der Waals surface area (Å²) in [6, 6.07) is -0.321. The molecule has 0 saturated heterocycles. The molecule has 1 amide bonds. The molecule has 1 heterocycles. The van der Waals surface area contributed by atoms with Crippen molar-refractivity contribution >= 4 is 11.9 Å². The fourth-order valence-corrected chi connectivity index (χ4v) is 2.90. The molecule has 116 valence electrons. The van der Waals surface area contributed by atoms with E-state index in [-0.39, 0.29) is 17.9 Å². The number of aryl methyl sites for hydroxylation is 1. The molecule has 1 fully saturated rings. The van der Waals surface area contributed by atoms with Crippen molar-refractivity contribution in [3.8, 4) is 0 Å². The number of hydrogen-bond acceptors (Lipinski definition) is 4. The molecule has 6 heteroatoms. The van der Waals surface area contributed by atoms with Gasteiger partial charge < -0.3 is 14.9 Å². The average molecular weight is 294 g/mol. The Labute approximate surface area is 123 Å². The van der Waals surface area contributed by atoms with Gasteiger partial charge in [-0.1, -0.05) is 31.8 Å². The first-order valence-corrected chi connectivity index (χ1v) is 7.41. The van der Waals surface area contributed by atoms with Crippen molar-refractivity contribution in [2.75, 3.05) is 0 Å². The monoisotopic (exact) mass is 294 g/mol. The number of aromatic nitrogens is 1. The van der Waals surface area contributed by atoms with Crippen molar-refractivity contribution in [2.24, 2.45) is 5.92 Å². The zero-order valence-electron chi connectivity index (χ0n) is 12.7. The van der Waals surface area contributed by atoms with Crippen molar-refractivity contribution in [3.05, 3.63) is 17.0 Å². The standard InChI is InChI=1S/C15H22N2O4/c1-8(2)13-12(9(3)17-21-13)14(18)16-11-7-5-4-6-10(11)15(19)20/h8,10-11H,4-7H2,1-3H3,(H,16,18)(H,19,20). The molecular weight excluding hydrogens is 272 g/mol. The maximum Gasteiger partial charge on any atom is 0.308 e. The number of carbonyl (C=O) groups excluding carboxylic acids is 1. The van der Waals surface area contributed by atoms with Gasteiger partial charge in [0.15, 0.2) is 5.76 Å². The molecule has 1 aromatic heterocycles. The lowest BCUT2D eigenvalue weighted by atomic mass is 9.84. The topological polar surface area (TPSA) is 92.4 Å². The van der Waals surface area contributed by atoms with Crippen LogP contribution in [0.25, 0.3) is 0 Å². The Balaban J connectivity index is 2.17. The molecule has 2 N–H and O–H groups in total. The first kappa shape index (κ1) is 15.5. The van der Waals surface area contributed by atoms with Gasteiger partial charge in [0.25, 0.3) is 5.91 Å². The van der Waals surface area contributed by atoms with E-state index >= 15 is 0 Å². The van der Waals surface area contributed by atoms with Gasteiger partial charge in [-0.05, 0) is 19.8 Å². The van der Waals surface area contributed by atoms with E-state index in [9.17, 15) is 14.7 Å². The highest BCUT2D eigenvalue weighted by Gasteiger charge is 2.33. The number of nitrogens with zero attached hydrogens (tertiary/aromatic N) is 1. The second-order valence-electron chi connectivity index (χ2n) is 5.97. The van der Waals surface area contributed by atoms with Crippen molar-refractivity contribution in [1.82, 2.24) is 10.5 Å². The van der Waals surface area contributed by atoms with Gasteiger partial charge in [0.05, 0.1) is 11.6 Å². The van der Waals surface area contributed by atoms with Gasteiger partial charge in [-0.2, -0.15) is 0 Å². The Morgan fingerprint density at radius 3 is 2.62 bits per heavy atom. The van der Waals surface area contributed by atoms with Crippen LogP contribution < -0.4 is 5.32 Å². The Kier molecular flexibility index (Phi) is 4.65. The van der Waals surface area contributed by atoms with Crippen LogP contribution in [0.15, 0.2) is 4.52 Å². The van der Waals surface area contributed by atoms with Crippen LogP contribution in [0.5, 0.6) is 0 Å². The highest BCUT2D eigenvalue weighted by Crippen LogP contribution is 2.27. The van der Waals surface area contributed by atoms with Crippen LogP contribution in [0.3, 0.4) is 0 Å². The van der Waals surface area contributed by atoms with Crippen molar-refractivity contribution < 1.29 is 19.2 Å².